The minimum absolute atomic E-state index is 0.0334. The zero-order valence-electron chi connectivity index (χ0n) is 18.9. The van der Waals surface area contributed by atoms with Crippen LogP contribution in [-0.2, 0) is 18.3 Å². The number of anilines is 3. The Morgan fingerprint density at radius 1 is 1.16 bits per heavy atom. The van der Waals surface area contributed by atoms with Crippen molar-refractivity contribution in [1.29, 1.82) is 5.26 Å². The molecule has 2 aliphatic heterocycles. The molecule has 0 amide bonds. The van der Waals surface area contributed by atoms with Crippen molar-refractivity contribution < 1.29 is 0 Å². The first-order chi connectivity index (χ1) is 14.8. The molecule has 6 nitrogen and oxygen atoms in total. The van der Waals surface area contributed by atoms with Crippen LogP contribution < -0.4 is 15.5 Å². The Morgan fingerprint density at radius 2 is 1.97 bits per heavy atom. The third-order valence-corrected chi connectivity index (χ3v) is 8.40. The molecule has 31 heavy (non-hydrogen) atoms. The molecule has 7 heteroatoms. The summed E-state index contributed by atoms with van der Waals surface area (Å²) in [6.07, 6.45) is 6.70. The van der Waals surface area contributed by atoms with Crippen LogP contribution in [0.25, 0.3) is 0 Å². The molecule has 0 unspecified atom stereocenters. The van der Waals surface area contributed by atoms with Crippen molar-refractivity contribution in [3.05, 3.63) is 27.8 Å². The van der Waals surface area contributed by atoms with Crippen LogP contribution in [0.5, 0.6) is 0 Å². The second kappa shape index (κ2) is 7.37. The van der Waals surface area contributed by atoms with Crippen LogP contribution in [0, 0.1) is 16.7 Å². The zero-order valence-corrected chi connectivity index (χ0v) is 19.7. The molecule has 2 aromatic rings. The lowest BCUT2D eigenvalue weighted by Gasteiger charge is -2.52. The van der Waals surface area contributed by atoms with Crippen LogP contribution in [0.1, 0.15) is 68.2 Å². The van der Waals surface area contributed by atoms with Gasteiger partial charge in [-0.1, -0.05) is 20.8 Å². The van der Waals surface area contributed by atoms with Gasteiger partial charge in [-0.2, -0.15) is 10.2 Å². The van der Waals surface area contributed by atoms with Gasteiger partial charge in [-0.05, 0) is 49.5 Å². The summed E-state index contributed by atoms with van der Waals surface area (Å²) in [6.45, 7) is 10.7. The van der Waals surface area contributed by atoms with Crippen LogP contribution in [0.2, 0.25) is 0 Å². The zero-order chi connectivity index (χ0) is 21.8. The fraction of sp³-hybridized carbons (Fsp3) is 0.625. The Kier molecular flexibility index (Phi) is 4.89. The van der Waals surface area contributed by atoms with Gasteiger partial charge >= 0.3 is 0 Å². The normalized spacial score (nSPS) is 21.5. The third-order valence-electron chi connectivity index (χ3n) is 7.32. The molecule has 0 radical (unpaired) electrons. The lowest BCUT2D eigenvalue weighted by molar-refractivity contribution is 0.281. The fourth-order valence-corrected chi connectivity index (χ4v) is 6.95. The Morgan fingerprint density at radius 3 is 2.68 bits per heavy atom. The molecule has 0 saturated carbocycles. The van der Waals surface area contributed by atoms with Gasteiger partial charge < -0.3 is 15.5 Å². The van der Waals surface area contributed by atoms with E-state index in [4.69, 9.17) is 15.7 Å². The molecule has 2 saturated heterocycles. The number of nitriles is 1. The molecule has 3 aliphatic rings. The molecule has 5 rings (SSSR count). The van der Waals surface area contributed by atoms with Gasteiger partial charge in [-0.3, -0.25) is 0 Å². The first kappa shape index (κ1) is 20.6. The van der Waals surface area contributed by atoms with E-state index >= 15 is 0 Å². The monoisotopic (exact) mass is 436 g/mol. The van der Waals surface area contributed by atoms with Crippen molar-refractivity contribution in [3.63, 3.8) is 0 Å². The first-order valence-electron chi connectivity index (χ1n) is 11.5. The van der Waals surface area contributed by atoms with Gasteiger partial charge in [0.05, 0.1) is 5.56 Å². The molecule has 2 fully saturated rings. The van der Waals surface area contributed by atoms with Crippen LogP contribution in [0.4, 0.5) is 16.8 Å². The van der Waals surface area contributed by atoms with E-state index in [1.165, 1.54) is 23.3 Å². The molecule has 164 valence electrons. The van der Waals surface area contributed by atoms with Gasteiger partial charge in [0, 0.05) is 48.2 Å². The highest BCUT2D eigenvalue weighted by molar-refractivity contribution is 7.16. The van der Waals surface area contributed by atoms with Crippen molar-refractivity contribution in [2.24, 2.45) is 5.41 Å². The molecular weight excluding hydrogens is 404 g/mol. The lowest BCUT2D eigenvalue weighted by Crippen LogP contribution is -2.61. The first-order valence-corrected chi connectivity index (χ1v) is 12.4. The summed E-state index contributed by atoms with van der Waals surface area (Å²) in [6, 6.07) is 4.56. The molecule has 2 aromatic heterocycles. The van der Waals surface area contributed by atoms with E-state index < -0.39 is 0 Å². The number of thiophene rings is 1. The summed E-state index contributed by atoms with van der Waals surface area (Å²) < 4.78 is 0. The maximum absolute atomic E-state index is 9.72. The Bertz CT molecular complexity index is 1040. The number of nitrogen functional groups attached to an aromatic ring is 1. The summed E-state index contributed by atoms with van der Waals surface area (Å²) in [7, 11) is 0. The number of aryl methyl sites for hydroxylation is 2. The van der Waals surface area contributed by atoms with Crippen LogP contribution in [0.15, 0.2) is 6.07 Å². The Labute approximate surface area is 189 Å². The number of aromatic nitrogens is 2. The fourth-order valence-electron chi connectivity index (χ4n) is 5.77. The molecule has 0 bridgehead atoms. The van der Waals surface area contributed by atoms with E-state index in [-0.39, 0.29) is 5.41 Å². The number of hydrogen-bond donors (Lipinski definition) is 1. The predicted octanol–water partition coefficient (Wildman–Crippen LogP) is 4.28. The minimum Gasteiger partial charge on any atom is -0.389 e. The van der Waals surface area contributed by atoms with E-state index in [0.717, 1.165) is 74.9 Å². The highest BCUT2D eigenvalue weighted by Gasteiger charge is 2.50. The molecule has 1 spiro atoms. The maximum atomic E-state index is 9.72. The van der Waals surface area contributed by atoms with E-state index in [9.17, 15) is 5.26 Å². The van der Waals surface area contributed by atoms with Crippen molar-refractivity contribution >= 4 is 28.1 Å². The molecule has 0 aromatic carbocycles. The third kappa shape index (κ3) is 3.45. The molecule has 2 N–H and O–H groups in total. The second-order valence-electron chi connectivity index (χ2n) is 10.3. The molecule has 1 aliphatic carbocycles. The summed E-state index contributed by atoms with van der Waals surface area (Å²) in [5.41, 5.74) is 9.60. The Hall–Kier alpha value is -2.33. The van der Waals surface area contributed by atoms with E-state index in [2.05, 4.69) is 42.7 Å². The Balaban J connectivity index is 1.43. The van der Waals surface area contributed by atoms with E-state index in [1.807, 2.05) is 0 Å². The largest absolute Gasteiger partial charge is 0.389 e. The van der Waals surface area contributed by atoms with Crippen LogP contribution in [-0.4, -0.2) is 36.1 Å². The average Bonchev–Trinajstić information content (AvgIpc) is 3.06. The molecule has 4 heterocycles. The number of piperidine rings is 1. The topological polar surface area (TPSA) is 82.1 Å². The molecular formula is C24H32N6S. The number of nitrogens with zero attached hydrogens (tertiary/aromatic N) is 5. The minimum atomic E-state index is 0.0334. The smallest absolute Gasteiger partial charge is 0.227 e. The van der Waals surface area contributed by atoms with Crippen LogP contribution >= 0.6 is 11.3 Å². The van der Waals surface area contributed by atoms with Gasteiger partial charge in [0.15, 0.2) is 0 Å². The maximum Gasteiger partial charge on any atom is 0.227 e. The quantitative estimate of drug-likeness (QED) is 0.773. The average molecular weight is 437 g/mol. The summed E-state index contributed by atoms with van der Waals surface area (Å²) in [4.78, 5) is 16.0. The van der Waals surface area contributed by atoms with Crippen LogP contribution in [0.3, 0.4) is 0 Å². The van der Waals surface area contributed by atoms with E-state index in [0.29, 0.717) is 10.4 Å². The summed E-state index contributed by atoms with van der Waals surface area (Å²) in [5, 5.41) is 10.4. The number of hydrogen-bond acceptors (Lipinski definition) is 7. The highest BCUT2D eigenvalue weighted by atomic mass is 32.1. The predicted molar refractivity (Wildman–Crippen MR) is 127 cm³/mol. The van der Waals surface area contributed by atoms with Gasteiger partial charge in [0.2, 0.25) is 5.95 Å². The van der Waals surface area contributed by atoms with Gasteiger partial charge in [0.1, 0.15) is 16.9 Å². The summed E-state index contributed by atoms with van der Waals surface area (Å²) >= 11 is 1.62. The summed E-state index contributed by atoms with van der Waals surface area (Å²) in [5.74, 6) is 1.91. The standard InChI is InChI=1S/C24H32N6S/c1-4-16-11-19(29-10-6-8-23(2,3)13-29)28-22(27-16)30-14-24(15-30)9-5-7-18-20(24)17(12-25)21(26)31-18/h11H,4-10,13-15,26H2,1-3H3. The lowest BCUT2D eigenvalue weighted by atomic mass is 9.66. The number of fused-ring (bicyclic) bond motifs is 2. The van der Waals surface area contributed by atoms with Gasteiger partial charge in [0.25, 0.3) is 0 Å². The van der Waals surface area contributed by atoms with Crippen molar-refractivity contribution in [2.75, 3.05) is 41.7 Å². The van der Waals surface area contributed by atoms with Gasteiger partial charge in [-0.15, -0.1) is 11.3 Å². The number of nitrogens with two attached hydrogens (primary N) is 1. The SMILES string of the molecule is CCc1cc(N2CCCC(C)(C)C2)nc(N2CC3(CCCc4sc(N)c(C#N)c43)C2)n1. The highest BCUT2D eigenvalue weighted by Crippen LogP contribution is 2.50. The number of rotatable bonds is 3. The van der Waals surface area contributed by atoms with Crippen molar-refractivity contribution in [2.45, 2.75) is 64.7 Å². The molecule has 0 atom stereocenters. The van der Waals surface area contributed by atoms with E-state index in [1.54, 1.807) is 11.3 Å². The van der Waals surface area contributed by atoms with Crippen molar-refractivity contribution in [1.82, 2.24) is 9.97 Å². The van der Waals surface area contributed by atoms with Crippen molar-refractivity contribution in [3.8, 4) is 6.07 Å². The second-order valence-corrected chi connectivity index (χ2v) is 11.4. The van der Waals surface area contributed by atoms with Gasteiger partial charge in [-0.25, -0.2) is 4.98 Å².